The average molecular weight is 268 g/mol. The van der Waals surface area contributed by atoms with Crippen molar-refractivity contribution >= 4 is 16.9 Å². The van der Waals surface area contributed by atoms with Gasteiger partial charge in [-0.3, -0.25) is 4.99 Å². The molecule has 1 atom stereocenters. The Morgan fingerprint density at radius 2 is 2.22 bits per heavy atom. The van der Waals surface area contributed by atoms with E-state index in [1.54, 1.807) is 0 Å². The maximum absolute atomic E-state index is 5.40. The van der Waals surface area contributed by atoms with Gasteiger partial charge in [0.15, 0.2) is 5.17 Å². The monoisotopic (exact) mass is 268 g/mol. The number of nitrogens with zero attached hydrogens (tertiary/aromatic N) is 1. The minimum absolute atomic E-state index is 0.401. The average Bonchev–Trinajstić information content (AvgIpc) is 3.02. The van der Waals surface area contributed by atoms with Gasteiger partial charge in [0.2, 0.25) is 0 Å². The summed E-state index contributed by atoms with van der Waals surface area (Å²) < 4.78 is 5.40. The molecule has 2 heterocycles. The van der Waals surface area contributed by atoms with Gasteiger partial charge in [-0.25, -0.2) is 0 Å². The molecule has 0 aromatic carbocycles. The standard InChI is InChI=1S/C14H24N2OS/c1-2-6-14(7-3-1)11-18-13(16-14)15-8-4-12-5-9-17-10-12/h12H,1-11H2,(H,15,16). The molecule has 1 N–H and O–H groups in total. The Morgan fingerprint density at radius 3 is 3.00 bits per heavy atom. The first-order chi connectivity index (χ1) is 8.86. The van der Waals surface area contributed by atoms with Crippen LogP contribution in [-0.4, -0.2) is 36.2 Å². The highest BCUT2D eigenvalue weighted by Gasteiger charge is 2.37. The van der Waals surface area contributed by atoms with Crippen LogP contribution < -0.4 is 5.32 Å². The Labute approximate surface area is 114 Å². The lowest BCUT2D eigenvalue weighted by Crippen LogP contribution is -2.45. The van der Waals surface area contributed by atoms with Crippen LogP contribution in [0.5, 0.6) is 0 Å². The molecule has 3 fully saturated rings. The smallest absolute Gasteiger partial charge is 0.157 e. The Bertz CT molecular complexity index is 307. The number of amidine groups is 1. The summed E-state index contributed by atoms with van der Waals surface area (Å²) >= 11 is 1.94. The summed E-state index contributed by atoms with van der Waals surface area (Å²) in [5.41, 5.74) is 0.401. The molecule has 2 saturated heterocycles. The summed E-state index contributed by atoms with van der Waals surface area (Å²) in [6.45, 7) is 2.88. The number of hydrogen-bond donors (Lipinski definition) is 1. The molecule has 3 nitrogen and oxygen atoms in total. The SMILES string of the molecule is C1CCC2(CC1)CSC(=NCCC1CCOC1)N2. The van der Waals surface area contributed by atoms with Crippen molar-refractivity contribution in [2.75, 3.05) is 25.5 Å². The molecule has 2 aliphatic heterocycles. The highest BCUT2D eigenvalue weighted by Crippen LogP contribution is 2.36. The van der Waals surface area contributed by atoms with Crippen LogP contribution in [0.2, 0.25) is 0 Å². The largest absolute Gasteiger partial charge is 0.381 e. The number of nitrogens with one attached hydrogen (secondary N) is 1. The minimum atomic E-state index is 0.401. The van der Waals surface area contributed by atoms with Crippen LogP contribution in [-0.2, 0) is 4.74 Å². The van der Waals surface area contributed by atoms with E-state index in [0.29, 0.717) is 5.54 Å². The second-order valence-electron chi connectivity index (χ2n) is 5.96. The first kappa shape index (κ1) is 12.8. The number of rotatable bonds is 3. The van der Waals surface area contributed by atoms with Gasteiger partial charge in [-0.15, -0.1) is 0 Å². The van der Waals surface area contributed by atoms with E-state index >= 15 is 0 Å². The fourth-order valence-electron chi connectivity index (χ4n) is 3.25. The Morgan fingerprint density at radius 1 is 1.33 bits per heavy atom. The molecule has 1 saturated carbocycles. The molecule has 1 aliphatic carbocycles. The van der Waals surface area contributed by atoms with Gasteiger partial charge in [0.1, 0.15) is 0 Å². The van der Waals surface area contributed by atoms with Crippen molar-refractivity contribution in [3.63, 3.8) is 0 Å². The van der Waals surface area contributed by atoms with Crippen LogP contribution in [0.25, 0.3) is 0 Å². The maximum atomic E-state index is 5.40. The van der Waals surface area contributed by atoms with Crippen molar-refractivity contribution in [3.05, 3.63) is 0 Å². The van der Waals surface area contributed by atoms with Crippen molar-refractivity contribution in [1.29, 1.82) is 0 Å². The van der Waals surface area contributed by atoms with Gasteiger partial charge in [-0.1, -0.05) is 31.0 Å². The first-order valence-electron chi connectivity index (χ1n) is 7.40. The van der Waals surface area contributed by atoms with E-state index in [1.807, 2.05) is 11.8 Å². The Balaban J connectivity index is 1.45. The Kier molecular flexibility index (Phi) is 4.14. The van der Waals surface area contributed by atoms with Gasteiger partial charge in [0.05, 0.1) is 0 Å². The van der Waals surface area contributed by atoms with Gasteiger partial charge in [0, 0.05) is 31.1 Å². The van der Waals surface area contributed by atoms with Crippen LogP contribution >= 0.6 is 11.8 Å². The fraction of sp³-hybridized carbons (Fsp3) is 0.929. The van der Waals surface area contributed by atoms with E-state index in [1.165, 1.54) is 55.9 Å². The van der Waals surface area contributed by atoms with Gasteiger partial charge >= 0.3 is 0 Å². The lowest BCUT2D eigenvalue weighted by atomic mass is 9.83. The van der Waals surface area contributed by atoms with Crippen LogP contribution in [0.4, 0.5) is 0 Å². The summed E-state index contributed by atoms with van der Waals surface area (Å²) in [7, 11) is 0. The first-order valence-corrected chi connectivity index (χ1v) is 8.38. The van der Waals surface area contributed by atoms with E-state index in [2.05, 4.69) is 5.32 Å². The second-order valence-corrected chi connectivity index (χ2v) is 6.92. The molecular weight excluding hydrogens is 244 g/mol. The zero-order valence-electron chi connectivity index (χ0n) is 11.1. The molecule has 1 unspecified atom stereocenters. The molecule has 0 aromatic rings. The topological polar surface area (TPSA) is 33.6 Å². The number of thioether (sulfide) groups is 1. The molecule has 0 amide bonds. The van der Waals surface area contributed by atoms with E-state index in [9.17, 15) is 0 Å². The number of ether oxygens (including phenoxy) is 1. The van der Waals surface area contributed by atoms with Gasteiger partial charge in [0.25, 0.3) is 0 Å². The third-order valence-electron chi connectivity index (χ3n) is 4.48. The zero-order valence-corrected chi connectivity index (χ0v) is 11.9. The summed E-state index contributed by atoms with van der Waals surface area (Å²) in [5, 5.41) is 4.92. The highest BCUT2D eigenvalue weighted by molar-refractivity contribution is 8.14. The third kappa shape index (κ3) is 3.02. The molecule has 3 aliphatic rings. The van der Waals surface area contributed by atoms with Crippen LogP contribution in [0.15, 0.2) is 4.99 Å². The number of hydrogen-bond acceptors (Lipinski definition) is 3. The molecule has 102 valence electrons. The number of aliphatic imine (C=N–C) groups is 1. The highest BCUT2D eigenvalue weighted by atomic mass is 32.2. The van der Waals surface area contributed by atoms with E-state index in [-0.39, 0.29) is 0 Å². The van der Waals surface area contributed by atoms with Gasteiger partial charge in [-0.2, -0.15) is 0 Å². The van der Waals surface area contributed by atoms with Crippen molar-refractivity contribution < 1.29 is 4.74 Å². The third-order valence-corrected chi connectivity index (χ3v) is 5.69. The summed E-state index contributed by atoms with van der Waals surface area (Å²) in [5.74, 6) is 1.99. The molecular formula is C14H24N2OS. The molecule has 3 rings (SSSR count). The lowest BCUT2D eigenvalue weighted by Gasteiger charge is -2.32. The zero-order chi connectivity index (χ0) is 12.3. The normalized spacial score (nSPS) is 33.1. The van der Waals surface area contributed by atoms with Gasteiger partial charge in [-0.05, 0) is 31.6 Å². The second kappa shape index (κ2) is 5.83. The molecule has 4 heteroatoms. The van der Waals surface area contributed by atoms with Gasteiger partial charge < -0.3 is 10.1 Å². The predicted molar refractivity (Wildman–Crippen MR) is 77.3 cm³/mol. The predicted octanol–water partition coefficient (Wildman–Crippen LogP) is 2.81. The summed E-state index contributed by atoms with van der Waals surface area (Å²) in [6.07, 6.45) is 9.31. The maximum Gasteiger partial charge on any atom is 0.157 e. The van der Waals surface area contributed by atoms with Crippen molar-refractivity contribution in [2.24, 2.45) is 10.9 Å². The van der Waals surface area contributed by atoms with E-state index in [4.69, 9.17) is 9.73 Å². The van der Waals surface area contributed by atoms with E-state index < -0.39 is 0 Å². The van der Waals surface area contributed by atoms with Crippen LogP contribution in [0.1, 0.15) is 44.9 Å². The van der Waals surface area contributed by atoms with E-state index in [0.717, 1.165) is 25.7 Å². The molecule has 0 radical (unpaired) electrons. The summed E-state index contributed by atoms with van der Waals surface area (Å²) in [6, 6.07) is 0. The fourth-order valence-corrected chi connectivity index (χ4v) is 4.49. The van der Waals surface area contributed by atoms with Crippen molar-refractivity contribution in [2.45, 2.75) is 50.5 Å². The van der Waals surface area contributed by atoms with Crippen LogP contribution in [0.3, 0.4) is 0 Å². The lowest BCUT2D eigenvalue weighted by molar-refractivity contribution is 0.184. The molecule has 18 heavy (non-hydrogen) atoms. The summed E-state index contributed by atoms with van der Waals surface area (Å²) in [4.78, 5) is 4.75. The van der Waals surface area contributed by atoms with Crippen LogP contribution in [0, 0.1) is 5.92 Å². The molecule has 0 bridgehead atoms. The van der Waals surface area contributed by atoms with Crippen molar-refractivity contribution in [1.82, 2.24) is 5.32 Å². The minimum Gasteiger partial charge on any atom is -0.381 e. The molecule has 0 aromatic heterocycles. The Hall–Kier alpha value is -0.220. The van der Waals surface area contributed by atoms with Crippen molar-refractivity contribution in [3.8, 4) is 0 Å². The molecule has 1 spiro atoms. The quantitative estimate of drug-likeness (QED) is 0.854.